The first-order chi connectivity index (χ1) is 13.0. The van der Waals surface area contributed by atoms with Crippen molar-refractivity contribution < 1.29 is 18.3 Å². The maximum absolute atomic E-state index is 13.9. The molecule has 9 heteroatoms. The molecule has 0 spiro atoms. The van der Waals surface area contributed by atoms with Gasteiger partial charge in [0.15, 0.2) is 11.6 Å². The minimum absolute atomic E-state index is 0.0340. The average molecular weight is 373 g/mol. The molecule has 0 bridgehead atoms. The van der Waals surface area contributed by atoms with Gasteiger partial charge in [0.25, 0.3) is 0 Å². The van der Waals surface area contributed by atoms with Gasteiger partial charge in [-0.1, -0.05) is 0 Å². The molecule has 140 valence electrons. The van der Waals surface area contributed by atoms with Crippen LogP contribution >= 0.6 is 0 Å². The fraction of sp³-hybridized carbons (Fsp3) is 0.111. The molecule has 7 nitrogen and oxygen atoms in total. The fourth-order valence-corrected chi connectivity index (χ4v) is 2.35. The summed E-state index contributed by atoms with van der Waals surface area (Å²) in [6.45, 7) is 0. The van der Waals surface area contributed by atoms with Crippen LogP contribution in [0.25, 0.3) is 0 Å². The number of nitrogens with zero attached hydrogens (tertiary/aromatic N) is 2. The van der Waals surface area contributed by atoms with Crippen LogP contribution in [0, 0.1) is 11.6 Å². The van der Waals surface area contributed by atoms with Gasteiger partial charge in [-0.3, -0.25) is 0 Å². The SMILES string of the molecule is COc1ccc(OC)c(Nc2ncnc(Nc3ccc(F)cc3F)c2N)c1. The number of ether oxygens (including phenoxy) is 2. The van der Waals surface area contributed by atoms with Crippen LogP contribution in [0.3, 0.4) is 0 Å². The lowest BCUT2D eigenvalue weighted by atomic mass is 10.2. The van der Waals surface area contributed by atoms with Crippen molar-refractivity contribution in [3.05, 3.63) is 54.4 Å². The highest BCUT2D eigenvalue weighted by Gasteiger charge is 2.13. The lowest BCUT2D eigenvalue weighted by molar-refractivity contribution is 0.405. The minimum atomic E-state index is -0.767. The van der Waals surface area contributed by atoms with Crippen LogP contribution in [0.5, 0.6) is 11.5 Å². The number of anilines is 5. The minimum Gasteiger partial charge on any atom is -0.497 e. The van der Waals surface area contributed by atoms with Gasteiger partial charge in [-0.25, -0.2) is 18.7 Å². The molecule has 0 fully saturated rings. The predicted octanol–water partition coefficient (Wildman–Crippen LogP) is 3.84. The zero-order chi connectivity index (χ0) is 19.4. The third kappa shape index (κ3) is 3.97. The van der Waals surface area contributed by atoms with Crippen LogP contribution in [0.15, 0.2) is 42.7 Å². The quantitative estimate of drug-likeness (QED) is 0.604. The summed E-state index contributed by atoms with van der Waals surface area (Å²) in [6, 6.07) is 8.34. The van der Waals surface area contributed by atoms with E-state index in [4.69, 9.17) is 15.2 Å². The largest absolute Gasteiger partial charge is 0.497 e. The van der Waals surface area contributed by atoms with Crippen molar-refractivity contribution in [2.75, 3.05) is 30.6 Å². The monoisotopic (exact) mass is 373 g/mol. The van der Waals surface area contributed by atoms with Crippen LogP contribution < -0.4 is 25.8 Å². The van der Waals surface area contributed by atoms with E-state index >= 15 is 0 Å². The summed E-state index contributed by atoms with van der Waals surface area (Å²) in [4.78, 5) is 8.12. The molecule has 0 atom stereocenters. The first-order valence-electron chi connectivity index (χ1n) is 7.83. The first-order valence-corrected chi connectivity index (χ1v) is 7.83. The third-order valence-corrected chi connectivity index (χ3v) is 3.73. The molecule has 3 rings (SSSR count). The molecule has 0 unspecified atom stereocenters. The summed E-state index contributed by atoms with van der Waals surface area (Å²) >= 11 is 0. The molecule has 1 heterocycles. The molecular formula is C18H17F2N5O2. The molecule has 0 aliphatic carbocycles. The molecule has 0 aliphatic heterocycles. The standard InChI is InChI=1S/C18H17F2N5O2/c1-26-11-4-6-15(27-2)14(8-11)25-18-16(21)17(22-9-23-18)24-13-5-3-10(19)7-12(13)20/h3-9H,21H2,1-2H3,(H2,22,23,24,25). The molecule has 27 heavy (non-hydrogen) atoms. The van der Waals surface area contributed by atoms with E-state index in [0.29, 0.717) is 17.2 Å². The molecule has 0 amide bonds. The molecule has 2 aromatic carbocycles. The number of rotatable bonds is 6. The fourth-order valence-electron chi connectivity index (χ4n) is 2.35. The summed E-state index contributed by atoms with van der Waals surface area (Å²) in [5, 5.41) is 5.77. The highest BCUT2D eigenvalue weighted by atomic mass is 19.1. The number of halogens is 2. The Morgan fingerprint density at radius 3 is 2.22 bits per heavy atom. The van der Waals surface area contributed by atoms with E-state index in [0.717, 1.165) is 12.1 Å². The van der Waals surface area contributed by atoms with Gasteiger partial charge < -0.3 is 25.8 Å². The summed E-state index contributed by atoms with van der Waals surface area (Å²) < 4.78 is 37.4. The number of methoxy groups -OCH3 is 2. The number of hydrogen-bond donors (Lipinski definition) is 3. The number of nitrogens with two attached hydrogens (primary N) is 1. The van der Waals surface area contributed by atoms with Gasteiger partial charge in [0, 0.05) is 12.1 Å². The van der Waals surface area contributed by atoms with Gasteiger partial charge >= 0.3 is 0 Å². The van der Waals surface area contributed by atoms with Gasteiger partial charge in [-0.15, -0.1) is 0 Å². The Hall–Kier alpha value is -3.62. The van der Waals surface area contributed by atoms with E-state index in [-0.39, 0.29) is 23.0 Å². The van der Waals surface area contributed by atoms with Crippen LogP contribution in [-0.4, -0.2) is 24.2 Å². The smallest absolute Gasteiger partial charge is 0.159 e. The van der Waals surface area contributed by atoms with E-state index < -0.39 is 11.6 Å². The maximum Gasteiger partial charge on any atom is 0.159 e. The first kappa shape index (κ1) is 18.2. The van der Waals surface area contributed by atoms with E-state index in [2.05, 4.69) is 20.6 Å². The molecule has 0 aliphatic rings. The van der Waals surface area contributed by atoms with Crippen molar-refractivity contribution in [3.63, 3.8) is 0 Å². The second kappa shape index (κ2) is 7.73. The second-order valence-corrected chi connectivity index (χ2v) is 5.42. The van der Waals surface area contributed by atoms with Crippen LogP contribution in [0.2, 0.25) is 0 Å². The van der Waals surface area contributed by atoms with Gasteiger partial charge in [0.2, 0.25) is 0 Å². The van der Waals surface area contributed by atoms with E-state index in [1.165, 1.54) is 19.5 Å². The maximum atomic E-state index is 13.9. The summed E-state index contributed by atoms with van der Waals surface area (Å²) in [7, 11) is 3.07. The van der Waals surface area contributed by atoms with E-state index in [9.17, 15) is 8.78 Å². The van der Waals surface area contributed by atoms with Crippen molar-refractivity contribution in [2.24, 2.45) is 0 Å². The highest BCUT2D eigenvalue weighted by Crippen LogP contribution is 2.34. The lowest BCUT2D eigenvalue weighted by Crippen LogP contribution is -2.06. The Bertz CT molecular complexity index is 968. The lowest BCUT2D eigenvalue weighted by Gasteiger charge is -2.15. The van der Waals surface area contributed by atoms with E-state index in [1.54, 1.807) is 25.3 Å². The Balaban J connectivity index is 1.91. The van der Waals surface area contributed by atoms with Crippen molar-refractivity contribution in [2.45, 2.75) is 0 Å². The van der Waals surface area contributed by atoms with Crippen molar-refractivity contribution in [3.8, 4) is 11.5 Å². The molecule has 1 aromatic heterocycles. The summed E-state index contributed by atoms with van der Waals surface area (Å²) in [5.41, 5.74) is 6.85. The molecular weight excluding hydrogens is 356 g/mol. The third-order valence-electron chi connectivity index (χ3n) is 3.73. The number of aromatic nitrogens is 2. The Kier molecular flexibility index (Phi) is 5.20. The Labute approximate surface area is 154 Å². The van der Waals surface area contributed by atoms with Crippen molar-refractivity contribution >= 4 is 28.7 Å². The normalized spacial score (nSPS) is 10.4. The number of nitrogens with one attached hydrogen (secondary N) is 2. The zero-order valence-electron chi connectivity index (χ0n) is 14.6. The van der Waals surface area contributed by atoms with Crippen LogP contribution in [-0.2, 0) is 0 Å². The van der Waals surface area contributed by atoms with Crippen molar-refractivity contribution in [1.82, 2.24) is 9.97 Å². The van der Waals surface area contributed by atoms with Crippen LogP contribution in [0.4, 0.5) is 37.5 Å². The van der Waals surface area contributed by atoms with Gasteiger partial charge in [0.1, 0.15) is 35.1 Å². The van der Waals surface area contributed by atoms with Crippen molar-refractivity contribution in [1.29, 1.82) is 0 Å². The second-order valence-electron chi connectivity index (χ2n) is 5.42. The summed E-state index contributed by atoms with van der Waals surface area (Å²) in [6.07, 6.45) is 1.26. The van der Waals surface area contributed by atoms with Gasteiger partial charge in [-0.05, 0) is 24.3 Å². The molecule has 0 saturated heterocycles. The highest BCUT2D eigenvalue weighted by molar-refractivity contribution is 5.81. The molecule has 4 N–H and O–H groups in total. The number of benzene rings is 2. The Morgan fingerprint density at radius 1 is 0.889 bits per heavy atom. The molecule has 0 saturated carbocycles. The average Bonchev–Trinajstić information content (AvgIpc) is 2.66. The predicted molar refractivity (Wildman–Crippen MR) is 98.9 cm³/mol. The number of nitrogen functional groups attached to an aromatic ring is 1. The van der Waals surface area contributed by atoms with Gasteiger partial charge in [-0.2, -0.15) is 0 Å². The Morgan fingerprint density at radius 2 is 1.59 bits per heavy atom. The van der Waals surface area contributed by atoms with Gasteiger partial charge in [0.05, 0.1) is 25.6 Å². The zero-order valence-corrected chi connectivity index (χ0v) is 14.6. The number of hydrogen-bond acceptors (Lipinski definition) is 7. The topological polar surface area (TPSA) is 94.3 Å². The summed E-state index contributed by atoms with van der Waals surface area (Å²) in [5.74, 6) is 0.158. The van der Waals surface area contributed by atoms with Crippen LogP contribution in [0.1, 0.15) is 0 Å². The van der Waals surface area contributed by atoms with E-state index in [1.807, 2.05) is 0 Å². The molecule has 0 radical (unpaired) electrons. The molecule has 3 aromatic rings.